The van der Waals surface area contributed by atoms with Crippen LogP contribution in [0.15, 0.2) is 77.9 Å². The molecule has 0 bridgehead atoms. The molecule has 4 rings (SSSR count). The molecular weight excluding hydrogens is 470 g/mol. The Morgan fingerprint density at radius 2 is 1.86 bits per heavy atom. The second kappa shape index (κ2) is 11.5. The largest absolute Gasteiger partial charge is 0.399 e. The van der Waals surface area contributed by atoms with Crippen LogP contribution in [0.2, 0.25) is 0 Å². The van der Waals surface area contributed by atoms with Crippen LogP contribution >= 0.6 is 11.8 Å². The van der Waals surface area contributed by atoms with Crippen LogP contribution in [0.1, 0.15) is 23.2 Å². The fraction of sp³-hybridized carbons (Fsp3) is 0.179. The lowest BCUT2D eigenvalue weighted by Crippen LogP contribution is -2.18. The van der Waals surface area contributed by atoms with Crippen molar-refractivity contribution >= 4 is 40.8 Å². The lowest BCUT2D eigenvalue weighted by molar-refractivity contribution is -0.112. The van der Waals surface area contributed by atoms with Crippen LogP contribution in [0.25, 0.3) is 11.3 Å². The monoisotopic (exact) mass is 497 g/mol. The maximum absolute atomic E-state index is 12.9. The molecule has 0 saturated heterocycles. The van der Waals surface area contributed by atoms with Crippen LogP contribution in [0.3, 0.4) is 0 Å². The summed E-state index contributed by atoms with van der Waals surface area (Å²) in [6, 6.07) is 16.0. The van der Waals surface area contributed by atoms with Crippen molar-refractivity contribution in [2.24, 2.45) is 7.05 Å². The molecule has 1 aliphatic carbocycles. The molecule has 36 heavy (non-hydrogen) atoms. The summed E-state index contributed by atoms with van der Waals surface area (Å²) in [7, 11) is 1.76. The summed E-state index contributed by atoms with van der Waals surface area (Å²) in [6.45, 7) is 0. The number of carbonyl (C=O) groups excluding carboxylic acids is 2. The molecule has 0 saturated carbocycles. The van der Waals surface area contributed by atoms with E-state index in [9.17, 15) is 9.59 Å². The van der Waals surface area contributed by atoms with E-state index in [0.29, 0.717) is 39.8 Å². The molecule has 2 aromatic carbocycles. The van der Waals surface area contributed by atoms with Crippen LogP contribution in [0, 0.1) is 12.3 Å². The van der Waals surface area contributed by atoms with Gasteiger partial charge in [0, 0.05) is 46.9 Å². The van der Waals surface area contributed by atoms with Gasteiger partial charge in [0.05, 0.1) is 11.4 Å². The van der Waals surface area contributed by atoms with Gasteiger partial charge in [-0.2, -0.15) is 5.10 Å². The van der Waals surface area contributed by atoms with Gasteiger partial charge < -0.3 is 16.4 Å². The summed E-state index contributed by atoms with van der Waals surface area (Å²) < 4.78 is 1.61. The molecule has 1 aromatic heterocycles. The van der Waals surface area contributed by atoms with E-state index in [-0.39, 0.29) is 11.8 Å². The highest BCUT2D eigenvalue weighted by Gasteiger charge is 2.17. The Morgan fingerprint density at radius 3 is 2.61 bits per heavy atom. The molecule has 0 unspecified atom stereocenters. The van der Waals surface area contributed by atoms with Gasteiger partial charge in [-0.05, 0) is 48.7 Å². The molecule has 1 heterocycles. The normalized spacial score (nSPS) is 12.8. The van der Waals surface area contributed by atoms with Crippen molar-refractivity contribution in [3.05, 3.63) is 83.5 Å². The number of amides is 2. The molecule has 1 aliphatic rings. The maximum Gasteiger partial charge on any atom is 0.256 e. The molecule has 0 aliphatic heterocycles. The highest BCUT2D eigenvalue weighted by atomic mass is 32.2. The van der Waals surface area contributed by atoms with Crippen LogP contribution in [-0.2, 0) is 11.8 Å². The molecule has 0 spiro atoms. The highest BCUT2D eigenvalue weighted by molar-refractivity contribution is 7.99. The average molecular weight is 498 g/mol. The molecule has 7 nitrogen and oxygen atoms in total. The van der Waals surface area contributed by atoms with Gasteiger partial charge in [-0.3, -0.25) is 14.3 Å². The lowest BCUT2D eigenvalue weighted by atomic mass is 9.98. The quantitative estimate of drug-likeness (QED) is 0.234. The summed E-state index contributed by atoms with van der Waals surface area (Å²) in [5.41, 5.74) is 10.8. The first kappa shape index (κ1) is 24.9. The number of anilines is 3. The molecule has 182 valence electrons. The number of hydrogen-bond acceptors (Lipinski definition) is 5. The van der Waals surface area contributed by atoms with Gasteiger partial charge in [0.1, 0.15) is 5.82 Å². The molecule has 0 radical (unpaired) electrons. The Hall–Kier alpha value is -4.22. The summed E-state index contributed by atoms with van der Waals surface area (Å²) >= 11 is 1.63. The maximum atomic E-state index is 12.9. The van der Waals surface area contributed by atoms with E-state index in [1.165, 1.54) is 0 Å². The number of aryl methyl sites for hydroxylation is 1. The van der Waals surface area contributed by atoms with E-state index in [2.05, 4.69) is 27.7 Å². The minimum atomic E-state index is -0.266. The third kappa shape index (κ3) is 6.06. The minimum absolute atomic E-state index is 0.126. The van der Waals surface area contributed by atoms with Gasteiger partial charge in [-0.15, -0.1) is 18.2 Å². The van der Waals surface area contributed by atoms with Crippen LogP contribution in [-0.4, -0.2) is 33.1 Å². The Morgan fingerprint density at radius 1 is 1.08 bits per heavy atom. The number of carbonyl (C=O) groups is 2. The number of thioether (sulfide) groups is 1. The number of nitrogens with zero attached hydrogens (tertiary/aromatic N) is 2. The van der Waals surface area contributed by atoms with Crippen molar-refractivity contribution in [2.45, 2.75) is 12.8 Å². The summed E-state index contributed by atoms with van der Waals surface area (Å²) in [5, 5.41) is 10.4. The van der Waals surface area contributed by atoms with Crippen molar-refractivity contribution in [1.29, 1.82) is 0 Å². The third-order valence-corrected chi connectivity index (χ3v) is 6.53. The van der Waals surface area contributed by atoms with E-state index < -0.39 is 0 Å². The van der Waals surface area contributed by atoms with E-state index in [1.54, 1.807) is 53.8 Å². The van der Waals surface area contributed by atoms with Crippen molar-refractivity contribution < 1.29 is 9.59 Å². The Kier molecular flexibility index (Phi) is 7.93. The number of hydrogen-bond donors (Lipinski definition) is 3. The number of nitrogens with one attached hydrogen (secondary N) is 2. The predicted molar refractivity (Wildman–Crippen MR) is 148 cm³/mol. The fourth-order valence-corrected chi connectivity index (χ4v) is 4.55. The lowest BCUT2D eigenvalue weighted by Gasteiger charge is -2.16. The van der Waals surface area contributed by atoms with E-state index in [0.717, 1.165) is 29.7 Å². The average Bonchev–Trinajstić information content (AvgIpc) is 3.24. The minimum Gasteiger partial charge on any atom is -0.399 e. The van der Waals surface area contributed by atoms with Gasteiger partial charge in [-0.25, -0.2) is 0 Å². The number of rotatable bonds is 8. The summed E-state index contributed by atoms with van der Waals surface area (Å²) in [5.74, 6) is 4.12. The SMILES string of the molecule is C#CCSCC1=CCCC=C1C(=O)Nc1ccc(-c2cc(NC(=O)c3cccc(N)c3)n(C)n2)cc1. The Bertz CT molecular complexity index is 1380. The van der Waals surface area contributed by atoms with Gasteiger partial charge in [-0.1, -0.05) is 36.3 Å². The topological polar surface area (TPSA) is 102 Å². The zero-order chi connectivity index (χ0) is 25.5. The molecular formula is C28H27N5O2S. The van der Waals surface area contributed by atoms with Crippen molar-refractivity contribution in [3.63, 3.8) is 0 Å². The number of nitrogen functional groups attached to an aromatic ring is 1. The first-order valence-corrected chi connectivity index (χ1v) is 12.6. The third-order valence-electron chi connectivity index (χ3n) is 5.65. The molecule has 8 heteroatoms. The van der Waals surface area contributed by atoms with Gasteiger partial charge >= 0.3 is 0 Å². The zero-order valence-corrected chi connectivity index (χ0v) is 20.8. The number of benzene rings is 2. The molecule has 2 amide bonds. The fourth-order valence-electron chi connectivity index (χ4n) is 3.84. The molecule has 0 atom stereocenters. The van der Waals surface area contributed by atoms with Crippen LogP contribution in [0.5, 0.6) is 0 Å². The van der Waals surface area contributed by atoms with Crippen LogP contribution in [0.4, 0.5) is 17.2 Å². The summed E-state index contributed by atoms with van der Waals surface area (Å²) in [4.78, 5) is 25.5. The van der Waals surface area contributed by atoms with Crippen LogP contribution < -0.4 is 16.4 Å². The van der Waals surface area contributed by atoms with E-state index in [1.807, 2.05) is 30.3 Å². The van der Waals surface area contributed by atoms with E-state index >= 15 is 0 Å². The Balaban J connectivity index is 1.41. The summed E-state index contributed by atoms with van der Waals surface area (Å²) in [6.07, 6.45) is 11.2. The van der Waals surface area contributed by atoms with Crippen molar-refractivity contribution in [1.82, 2.24) is 9.78 Å². The second-order valence-electron chi connectivity index (χ2n) is 8.27. The molecule has 4 N–H and O–H groups in total. The molecule has 0 fully saturated rings. The first-order chi connectivity index (χ1) is 17.4. The van der Waals surface area contributed by atoms with Crippen molar-refractivity contribution in [3.8, 4) is 23.6 Å². The number of allylic oxidation sites excluding steroid dienone is 2. The first-order valence-electron chi connectivity index (χ1n) is 11.5. The Labute approximate surface area is 214 Å². The second-order valence-corrected chi connectivity index (χ2v) is 9.26. The standard InChI is InChI=1S/C28H27N5O2S/c1-3-15-36-18-21-7-4-5-10-24(21)28(35)30-23-13-11-19(12-14-23)25-17-26(33(2)32-25)31-27(34)20-8-6-9-22(29)16-20/h1,6-14,16-17H,4-5,15,18,29H2,2H3,(H,30,35)(H,31,34). The number of terminal acetylenes is 1. The van der Waals surface area contributed by atoms with Gasteiger partial charge in [0.15, 0.2) is 0 Å². The van der Waals surface area contributed by atoms with Gasteiger partial charge in [0.25, 0.3) is 11.8 Å². The highest BCUT2D eigenvalue weighted by Crippen LogP contribution is 2.26. The predicted octanol–water partition coefficient (Wildman–Crippen LogP) is 4.87. The van der Waals surface area contributed by atoms with Crippen molar-refractivity contribution in [2.75, 3.05) is 27.9 Å². The van der Waals surface area contributed by atoms with Gasteiger partial charge in [0.2, 0.25) is 0 Å². The van der Waals surface area contributed by atoms with E-state index in [4.69, 9.17) is 12.2 Å². The number of nitrogens with two attached hydrogens (primary N) is 1. The molecule has 3 aromatic rings. The smallest absolute Gasteiger partial charge is 0.256 e. The number of aromatic nitrogens is 2. The zero-order valence-electron chi connectivity index (χ0n) is 20.0.